The van der Waals surface area contributed by atoms with E-state index in [1.165, 1.54) is 0 Å². The Morgan fingerprint density at radius 1 is 1.33 bits per heavy atom. The fraction of sp³-hybridized carbons (Fsp3) is 0.214. The molecule has 92 valence electrons. The van der Waals surface area contributed by atoms with Crippen LogP contribution in [0, 0.1) is 0 Å². The van der Waals surface area contributed by atoms with Crippen LogP contribution in [-0.4, -0.2) is 16.2 Å². The number of aromatic nitrogens is 2. The first-order chi connectivity index (χ1) is 8.90. The molecule has 0 aromatic carbocycles. The Morgan fingerprint density at radius 3 is 3.06 bits per heavy atom. The van der Waals surface area contributed by atoms with Crippen molar-refractivity contribution in [1.82, 2.24) is 14.9 Å². The summed E-state index contributed by atoms with van der Waals surface area (Å²) in [5.41, 5.74) is 2.23. The number of fused-ring (bicyclic) bond motifs is 1. The Labute approximate surface area is 105 Å². The highest BCUT2D eigenvalue weighted by Gasteiger charge is 2.19. The van der Waals surface area contributed by atoms with Crippen LogP contribution in [0.15, 0.2) is 53.4 Å². The minimum atomic E-state index is 0.0462. The van der Waals surface area contributed by atoms with Crippen molar-refractivity contribution in [2.24, 2.45) is 0 Å². The minimum Gasteiger partial charge on any atom is -0.467 e. The summed E-state index contributed by atoms with van der Waals surface area (Å²) in [5.74, 6) is 0.913. The first-order valence-electron chi connectivity index (χ1n) is 6.09. The lowest BCUT2D eigenvalue weighted by molar-refractivity contribution is 0.453. The van der Waals surface area contributed by atoms with Crippen molar-refractivity contribution in [3.8, 4) is 0 Å². The molecule has 0 saturated carbocycles. The molecule has 0 aliphatic heterocycles. The first kappa shape index (κ1) is 11.0. The molecule has 3 aromatic heterocycles. The van der Waals surface area contributed by atoms with Crippen molar-refractivity contribution >= 4 is 5.52 Å². The quantitative estimate of drug-likeness (QED) is 0.763. The van der Waals surface area contributed by atoms with Crippen molar-refractivity contribution in [3.05, 3.63) is 60.3 Å². The second kappa shape index (κ2) is 4.66. The van der Waals surface area contributed by atoms with Crippen LogP contribution >= 0.6 is 0 Å². The summed E-state index contributed by atoms with van der Waals surface area (Å²) in [4.78, 5) is 0. The van der Waals surface area contributed by atoms with E-state index in [0.29, 0.717) is 0 Å². The molecule has 4 heteroatoms. The third kappa shape index (κ3) is 1.80. The number of rotatable bonds is 4. The van der Waals surface area contributed by atoms with Gasteiger partial charge in [-0.25, -0.2) is 4.52 Å². The highest BCUT2D eigenvalue weighted by molar-refractivity contribution is 5.56. The Balaban J connectivity index is 2.10. The summed E-state index contributed by atoms with van der Waals surface area (Å²) in [6.07, 6.45) is 5.54. The normalized spacial score (nSPS) is 12.9. The van der Waals surface area contributed by atoms with Gasteiger partial charge in [0, 0.05) is 11.8 Å². The molecule has 3 aromatic rings. The third-order valence-corrected chi connectivity index (χ3v) is 3.00. The summed E-state index contributed by atoms with van der Waals surface area (Å²) in [6.45, 7) is 2.96. The SMILES string of the molecule is CCNC(c1ccco1)c1cnn2ccccc12. The summed E-state index contributed by atoms with van der Waals surface area (Å²) in [7, 11) is 0. The lowest BCUT2D eigenvalue weighted by Crippen LogP contribution is -2.21. The number of pyridine rings is 1. The van der Waals surface area contributed by atoms with Crippen LogP contribution < -0.4 is 5.32 Å². The molecular weight excluding hydrogens is 226 g/mol. The summed E-state index contributed by atoms with van der Waals surface area (Å²) < 4.78 is 7.40. The maximum Gasteiger partial charge on any atom is 0.125 e. The van der Waals surface area contributed by atoms with E-state index in [0.717, 1.165) is 23.4 Å². The Bertz CT molecular complexity index is 627. The average Bonchev–Trinajstić information content (AvgIpc) is 3.06. The summed E-state index contributed by atoms with van der Waals surface area (Å²) in [6, 6.07) is 10.00. The van der Waals surface area contributed by atoms with Gasteiger partial charge >= 0.3 is 0 Å². The van der Waals surface area contributed by atoms with E-state index in [1.54, 1.807) is 6.26 Å². The van der Waals surface area contributed by atoms with Gasteiger partial charge in [0.2, 0.25) is 0 Å². The van der Waals surface area contributed by atoms with Gasteiger partial charge in [0.25, 0.3) is 0 Å². The van der Waals surface area contributed by atoms with E-state index in [9.17, 15) is 0 Å². The van der Waals surface area contributed by atoms with Gasteiger partial charge in [0.15, 0.2) is 0 Å². The predicted molar refractivity (Wildman–Crippen MR) is 69.4 cm³/mol. The molecule has 3 rings (SSSR count). The smallest absolute Gasteiger partial charge is 0.125 e. The molecule has 0 fully saturated rings. The van der Waals surface area contributed by atoms with Crippen LogP contribution in [0.1, 0.15) is 24.3 Å². The largest absolute Gasteiger partial charge is 0.467 e. The second-order valence-electron chi connectivity index (χ2n) is 4.14. The first-order valence-corrected chi connectivity index (χ1v) is 6.09. The highest BCUT2D eigenvalue weighted by Crippen LogP contribution is 2.25. The molecule has 0 bridgehead atoms. The van der Waals surface area contributed by atoms with Crippen molar-refractivity contribution in [2.45, 2.75) is 13.0 Å². The zero-order valence-electron chi connectivity index (χ0n) is 10.2. The van der Waals surface area contributed by atoms with Crippen molar-refractivity contribution in [3.63, 3.8) is 0 Å². The maximum atomic E-state index is 5.52. The van der Waals surface area contributed by atoms with Crippen LogP contribution in [-0.2, 0) is 0 Å². The van der Waals surface area contributed by atoms with Crippen LogP contribution in [0.2, 0.25) is 0 Å². The molecule has 3 heterocycles. The van der Waals surface area contributed by atoms with Gasteiger partial charge in [0.1, 0.15) is 5.76 Å². The molecule has 0 saturated heterocycles. The van der Waals surface area contributed by atoms with Gasteiger partial charge in [-0.05, 0) is 30.8 Å². The van der Waals surface area contributed by atoms with Crippen molar-refractivity contribution in [2.75, 3.05) is 6.54 Å². The van der Waals surface area contributed by atoms with Crippen molar-refractivity contribution < 1.29 is 4.42 Å². The number of hydrogen-bond acceptors (Lipinski definition) is 3. The number of nitrogens with one attached hydrogen (secondary N) is 1. The minimum absolute atomic E-state index is 0.0462. The van der Waals surface area contributed by atoms with Gasteiger partial charge in [-0.15, -0.1) is 0 Å². The Morgan fingerprint density at radius 2 is 2.28 bits per heavy atom. The molecule has 0 amide bonds. The Hall–Kier alpha value is -2.07. The number of nitrogens with zero attached hydrogens (tertiary/aromatic N) is 2. The van der Waals surface area contributed by atoms with E-state index in [2.05, 4.69) is 23.4 Å². The fourth-order valence-electron chi connectivity index (χ4n) is 2.20. The van der Waals surface area contributed by atoms with Crippen molar-refractivity contribution in [1.29, 1.82) is 0 Å². The molecule has 0 radical (unpaired) electrons. The van der Waals surface area contributed by atoms with Gasteiger partial charge in [-0.3, -0.25) is 0 Å². The number of hydrogen-bond donors (Lipinski definition) is 1. The zero-order valence-corrected chi connectivity index (χ0v) is 10.2. The lowest BCUT2D eigenvalue weighted by Gasteiger charge is -2.14. The van der Waals surface area contributed by atoms with Crippen LogP contribution in [0.4, 0.5) is 0 Å². The van der Waals surface area contributed by atoms with Crippen LogP contribution in [0.5, 0.6) is 0 Å². The average molecular weight is 241 g/mol. The second-order valence-corrected chi connectivity index (χ2v) is 4.14. The third-order valence-electron chi connectivity index (χ3n) is 3.00. The Kier molecular flexibility index (Phi) is 2.86. The van der Waals surface area contributed by atoms with Gasteiger partial charge in [0.05, 0.1) is 24.0 Å². The molecule has 0 spiro atoms. The molecule has 4 nitrogen and oxygen atoms in total. The van der Waals surface area contributed by atoms with Crippen LogP contribution in [0.25, 0.3) is 5.52 Å². The highest BCUT2D eigenvalue weighted by atomic mass is 16.3. The number of furan rings is 1. The molecule has 0 aliphatic carbocycles. The fourth-order valence-corrected chi connectivity index (χ4v) is 2.20. The summed E-state index contributed by atoms with van der Waals surface area (Å²) in [5, 5.41) is 7.80. The standard InChI is InChI=1S/C14H15N3O/c1-2-15-14(13-7-5-9-18-13)11-10-16-17-8-4-3-6-12(11)17/h3-10,14-15H,2H2,1H3. The predicted octanol–water partition coefficient (Wildman–Crippen LogP) is 2.63. The topological polar surface area (TPSA) is 42.5 Å². The van der Waals surface area contributed by atoms with E-state index in [4.69, 9.17) is 4.42 Å². The monoisotopic (exact) mass is 241 g/mol. The molecule has 1 N–H and O–H groups in total. The van der Waals surface area contributed by atoms with E-state index in [1.807, 2.05) is 41.2 Å². The molecular formula is C14H15N3O. The molecule has 1 atom stereocenters. The van der Waals surface area contributed by atoms with Gasteiger partial charge in [-0.1, -0.05) is 13.0 Å². The lowest BCUT2D eigenvalue weighted by atomic mass is 10.1. The van der Waals surface area contributed by atoms with Crippen LogP contribution in [0.3, 0.4) is 0 Å². The van der Waals surface area contributed by atoms with E-state index >= 15 is 0 Å². The van der Waals surface area contributed by atoms with E-state index in [-0.39, 0.29) is 6.04 Å². The molecule has 18 heavy (non-hydrogen) atoms. The molecule has 1 unspecified atom stereocenters. The summed E-state index contributed by atoms with van der Waals surface area (Å²) >= 11 is 0. The zero-order chi connectivity index (χ0) is 12.4. The maximum absolute atomic E-state index is 5.52. The molecule has 0 aliphatic rings. The van der Waals surface area contributed by atoms with Gasteiger partial charge in [-0.2, -0.15) is 5.10 Å². The van der Waals surface area contributed by atoms with E-state index < -0.39 is 0 Å². The van der Waals surface area contributed by atoms with Gasteiger partial charge < -0.3 is 9.73 Å².